The van der Waals surface area contributed by atoms with Gasteiger partial charge in [-0.2, -0.15) is 0 Å². The highest BCUT2D eigenvalue weighted by atomic mass is 127. The average molecular weight is 490 g/mol. The maximum Gasteiger partial charge on any atom is 0.511 e. The van der Waals surface area contributed by atoms with Gasteiger partial charge in [0.15, 0.2) is 11.5 Å². The van der Waals surface area contributed by atoms with E-state index in [9.17, 15) is 9.90 Å². The summed E-state index contributed by atoms with van der Waals surface area (Å²) in [4.78, 5) is 10.7. The second kappa shape index (κ2) is 7.51. The van der Waals surface area contributed by atoms with E-state index >= 15 is 0 Å². The molecule has 0 aliphatic carbocycles. The van der Waals surface area contributed by atoms with Crippen molar-refractivity contribution in [3.63, 3.8) is 0 Å². The van der Waals surface area contributed by atoms with E-state index < -0.39 is 6.16 Å². The van der Waals surface area contributed by atoms with E-state index in [2.05, 4.69) is 29.5 Å². The Morgan fingerprint density at radius 1 is 1.11 bits per heavy atom. The largest absolute Gasteiger partial charge is 0.511 e. The minimum Gasteiger partial charge on any atom is -0.504 e. The summed E-state index contributed by atoms with van der Waals surface area (Å²) in [6, 6.07) is 0. The molecule has 0 heterocycles. The van der Waals surface area contributed by atoms with Crippen LogP contribution in [0.3, 0.4) is 0 Å². The number of benzene rings is 1. The topological polar surface area (TPSA) is 66.8 Å². The maximum atomic E-state index is 10.7. The minimum absolute atomic E-state index is 0.0301. The fourth-order valence-corrected chi connectivity index (χ4v) is 3.49. The number of hydrogen-bond donors (Lipinski definition) is 2. The lowest BCUT2D eigenvalue weighted by molar-refractivity contribution is 0.142. The van der Waals surface area contributed by atoms with Gasteiger partial charge in [-0.1, -0.05) is 26.7 Å². The lowest BCUT2D eigenvalue weighted by atomic mass is 9.98. The molecule has 0 aliphatic rings. The van der Waals surface area contributed by atoms with Crippen LogP contribution in [0.1, 0.15) is 37.8 Å². The molecule has 106 valence electrons. The number of carbonyl (C=O) groups is 1. The summed E-state index contributed by atoms with van der Waals surface area (Å²) >= 11 is 4.21. The van der Waals surface area contributed by atoms with Gasteiger partial charge in [0.1, 0.15) is 0 Å². The zero-order valence-corrected chi connectivity index (χ0v) is 15.1. The van der Waals surface area contributed by atoms with Crippen LogP contribution in [0, 0.1) is 7.14 Å². The van der Waals surface area contributed by atoms with E-state index in [1.54, 1.807) is 0 Å². The van der Waals surface area contributed by atoms with Crippen LogP contribution in [0.5, 0.6) is 11.5 Å². The molecule has 0 aromatic heterocycles. The molecular formula is C13H16I2O4. The highest BCUT2D eigenvalue weighted by molar-refractivity contribution is 14.1. The summed E-state index contributed by atoms with van der Waals surface area (Å²) in [6.45, 7) is 4.11. The number of rotatable bonds is 5. The van der Waals surface area contributed by atoms with Crippen molar-refractivity contribution in [2.45, 2.75) is 39.5 Å². The van der Waals surface area contributed by atoms with E-state index in [-0.39, 0.29) is 11.5 Å². The Morgan fingerprint density at radius 3 is 2.11 bits per heavy atom. The van der Waals surface area contributed by atoms with Gasteiger partial charge in [-0.05, 0) is 63.6 Å². The van der Waals surface area contributed by atoms with Crippen LogP contribution in [-0.4, -0.2) is 16.4 Å². The fourth-order valence-electron chi connectivity index (χ4n) is 1.96. The quantitative estimate of drug-likeness (QED) is 0.361. The smallest absolute Gasteiger partial charge is 0.504 e. The first kappa shape index (κ1) is 16.8. The lowest BCUT2D eigenvalue weighted by Crippen LogP contribution is -2.09. The van der Waals surface area contributed by atoms with Crippen molar-refractivity contribution in [2.24, 2.45) is 0 Å². The van der Waals surface area contributed by atoms with Crippen molar-refractivity contribution in [3.8, 4) is 11.5 Å². The summed E-state index contributed by atoms with van der Waals surface area (Å²) in [6.07, 6.45) is 2.03. The number of ether oxygens (including phenoxy) is 1. The molecule has 1 rings (SSSR count). The molecule has 0 amide bonds. The van der Waals surface area contributed by atoms with Crippen molar-refractivity contribution in [1.29, 1.82) is 0 Å². The van der Waals surface area contributed by atoms with Crippen LogP contribution < -0.4 is 4.74 Å². The second-order valence-electron chi connectivity index (χ2n) is 4.13. The molecule has 1 aromatic rings. The van der Waals surface area contributed by atoms with Crippen molar-refractivity contribution in [2.75, 3.05) is 0 Å². The molecule has 0 saturated carbocycles. The number of aromatic hydroxyl groups is 1. The van der Waals surface area contributed by atoms with Gasteiger partial charge >= 0.3 is 6.16 Å². The minimum atomic E-state index is -1.41. The molecule has 0 bridgehead atoms. The number of phenols is 1. The van der Waals surface area contributed by atoms with Gasteiger partial charge in [0.2, 0.25) is 0 Å². The van der Waals surface area contributed by atoms with Crippen LogP contribution >= 0.6 is 45.2 Å². The van der Waals surface area contributed by atoms with Gasteiger partial charge in [0.25, 0.3) is 0 Å². The van der Waals surface area contributed by atoms with Crippen LogP contribution in [0.4, 0.5) is 4.79 Å². The molecule has 6 heteroatoms. The molecular weight excluding hydrogens is 474 g/mol. The van der Waals surface area contributed by atoms with Gasteiger partial charge in [-0.3, -0.25) is 0 Å². The van der Waals surface area contributed by atoms with E-state index in [0.717, 1.165) is 34.0 Å². The number of hydrogen-bond acceptors (Lipinski definition) is 3. The standard InChI is InChI=1S/C13H16I2O4/c1-3-5-7-8(6-4-2)11(16)12(19-13(17)18)10(15)9(7)14/h16H,3-6H2,1-2H3,(H,17,18). The normalized spacial score (nSPS) is 10.5. The maximum absolute atomic E-state index is 10.7. The second-order valence-corrected chi connectivity index (χ2v) is 6.29. The van der Waals surface area contributed by atoms with Crippen molar-refractivity contribution < 1.29 is 19.7 Å². The van der Waals surface area contributed by atoms with Crippen molar-refractivity contribution in [1.82, 2.24) is 0 Å². The number of phenolic OH excluding ortho intramolecular Hbond substituents is 1. The molecule has 19 heavy (non-hydrogen) atoms. The predicted molar refractivity (Wildman–Crippen MR) is 90.2 cm³/mol. The number of halogens is 2. The zero-order valence-electron chi connectivity index (χ0n) is 10.8. The van der Waals surface area contributed by atoms with Crippen LogP contribution in [0.15, 0.2) is 0 Å². The first-order valence-corrected chi connectivity index (χ1v) is 8.22. The molecule has 0 radical (unpaired) electrons. The zero-order chi connectivity index (χ0) is 14.6. The molecule has 4 nitrogen and oxygen atoms in total. The third kappa shape index (κ3) is 3.87. The fraction of sp³-hybridized carbons (Fsp3) is 0.462. The predicted octanol–water partition coefficient (Wildman–Crippen LogP) is 4.56. The highest BCUT2D eigenvalue weighted by Crippen LogP contribution is 2.42. The molecule has 2 N–H and O–H groups in total. The van der Waals surface area contributed by atoms with Gasteiger partial charge in [-0.15, -0.1) is 0 Å². The van der Waals surface area contributed by atoms with Gasteiger partial charge in [0.05, 0.1) is 3.57 Å². The Labute approximate surface area is 139 Å². The van der Waals surface area contributed by atoms with E-state index in [1.807, 2.05) is 29.5 Å². The van der Waals surface area contributed by atoms with Crippen LogP contribution in [0.25, 0.3) is 0 Å². The van der Waals surface area contributed by atoms with E-state index in [0.29, 0.717) is 9.99 Å². The summed E-state index contributed by atoms with van der Waals surface area (Å²) < 4.78 is 6.36. The highest BCUT2D eigenvalue weighted by Gasteiger charge is 2.23. The summed E-state index contributed by atoms with van der Waals surface area (Å²) in [5.74, 6) is 0.0262. The molecule has 0 aliphatic heterocycles. The third-order valence-corrected chi connectivity index (χ3v) is 5.96. The monoisotopic (exact) mass is 490 g/mol. The van der Waals surface area contributed by atoms with Crippen molar-refractivity contribution >= 4 is 51.3 Å². The summed E-state index contributed by atoms with van der Waals surface area (Å²) in [5.41, 5.74) is 1.91. The molecule has 0 saturated heterocycles. The van der Waals surface area contributed by atoms with Gasteiger partial charge in [-0.25, -0.2) is 4.79 Å². The van der Waals surface area contributed by atoms with Crippen LogP contribution in [0.2, 0.25) is 0 Å². The molecule has 0 fully saturated rings. The van der Waals surface area contributed by atoms with Crippen LogP contribution in [-0.2, 0) is 12.8 Å². The Bertz CT molecular complexity index is 486. The van der Waals surface area contributed by atoms with Gasteiger partial charge < -0.3 is 14.9 Å². The van der Waals surface area contributed by atoms with Gasteiger partial charge in [0, 0.05) is 9.13 Å². The SMILES string of the molecule is CCCc1c(O)c(OC(=O)O)c(I)c(I)c1CCC. The van der Waals surface area contributed by atoms with E-state index in [4.69, 9.17) is 9.84 Å². The third-order valence-electron chi connectivity index (χ3n) is 2.71. The molecule has 0 spiro atoms. The Morgan fingerprint density at radius 2 is 1.63 bits per heavy atom. The summed E-state index contributed by atoms with van der Waals surface area (Å²) in [5, 5.41) is 19.0. The Hall–Kier alpha value is -0.250. The molecule has 1 aromatic carbocycles. The Kier molecular flexibility index (Phi) is 6.64. The molecule has 0 atom stereocenters. The summed E-state index contributed by atoms with van der Waals surface area (Å²) in [7, 11) is 0. The number of carboxylic acid groups (broad SMARTS) is 1. The molecule has 0 unspecified atom stereocenters. The average Bonchev–Trinajstić information content (AvgIpc) is 2.36. The first-order valence-electron chi connectivity index (χ1n) is 6.06. The van der Waals surface area contributed by atoms with E-state index in [1.165, 1.54) is 0 Å². The first-order chi connectivity index (χ1) is 8.93. The Balaban J connectivity index is 3.47. The van der Waals surface area contributed by atoms with Crippen molar-refractivity contribution in [3.05, 3.63) is 18.3 Å². The lowest BCUT2D eigenvalue weighted by Gasteiger charge is -2.17.